The predicted octanol–water partition coefficient (Wildman–Crippen LogP) is -0.350. The molecule has 0 spiro atoms. The van der Waals surface area contributed by atoms with Crippen LogP contribution in [0.3, 0.4) is 0 Å². The van der Waals surface area contributed by atoms with Gasteiger partial charge >= 0.3 is 11.7 Å². The Morgan fingerprint density at radius 3 is 2.76 bits per heavy atom. The number of carbonyl (C=O) groups excluding carboxylic acids is 1. The van der Waals surface area contributed by atoms with Crippen molar-refractivity contribution in [1.82, 2.24) is 29.0 Å². The highest BCUT2D eigenvalue weighted by Gasteiger charge is 2.11. The maximum Gasteiger partial charge on any atom is 0.332 e. The van der Waals surface area contributed by atoms with Gasteiger partial charge in [-0.1, -0.05) is 0 Å². The van der Waals surface area contributed by atoms with E-state index in [0.717, 1.165) is 4.57 Å². The van der Waals surface area contributed by atoms with Gasteiger partial charge in [0.2, 0.25) is 0 Å². The summed E-state index contributed by atoms with van der Waals surface area (Å²) in [5.74, 6) is 0. The fourth-order valence-corrected chi connectivity index (χ4v) is 2.43. The first-order valence-corrected chi connectivity index (χ1v) is 7.53. The molecule has 0 unspecified atom stereocenters. The lowest BCUT2D eigenvalue weighted by Gasteiger charge is -2.10. The standard InChI is InChI=1S/C15H17N7O3/c1-20-12-11(13(23)21(2)15(20)25)7-10(8-18-12)19-14(24)17-4-6-22-5-3-16-9-22/h3,5,7-9H,4,6H2,1-2H3,(H2,17,19,24). The van der Waals surface area contributed by atoms with E-state index in [1.807, 2.05) is 4.57 Å². The van der Waals surface area contributed by atoms with Crippen LogP contribution >= 0.6 is 0 Å². The zero-order valence-corrected chi connectivity index (χ0v) is 13.8. The molecule has 0 saturated heterocycles. The van der Waals surface area contributed by atoms with Gasteiger partial charge in [0, 0.05) is 39.6 Å². The first-order valence-electron chi connectivity index (χ1n) is 7.53. The smallest absolute Gasteiger partial charge is 0.332 e. The Morgan fingerprint density at radius 1 is 1.24 bits per heavy atom. The zero-order valence-electron chi connectivity index (χ0n) is 13.8. The van der Waals surface area contributed by atoms with Crippen LogP contribution in [0.25, 0.3) is 11.0 Å². The van der Waals surface area contributed by atoms with Crippen molar-refractivity contribution in [3.8, 4) is 0 Å². The molecule has 0 atom stereocenters. The maximum absolute atomic E-state index is 12.2. The summed E-state index contributed by atoms with van der Waals surface area (Å²) in [5, 5.41) is 5.57. The molecule has 0 radical (unpaired) electrons. The fraction of sp³-hybridized carbons (Fsp3) is 0.267. The molecule has 0 aliphatic rings. The van der Waals surface area contributed by atoms with E-state index < -0.39 is 17.3 Å². The van der Waals surface area contributed by atoms with E-state index in [1.54, 1.807) is 18.7 Å². The number of carbonyl (C=O) groups is 1. The number of nitrogens with one attached hydrogen (secondary N) is 2. The molecular formula is C15H17N7O3. The topological polar surface area (TPSA) is 116 Å². The molecular weight excluding hydrogens is 326 g/mol. The highest BCUT2D eigenvalue weighted by atomic mass is 16.2. The van der Waals surface area contributed by atoms with E-state index in [4.69, 9.17) is 0 Å². The van der Waals surface area contributed by atoms with Gasteiger partial charge in [0.1, 0.15) is 5.65 Å². The number of pyridine rings is 1. The molecule has 2 amide bonds. The number of aromatic nitrogens is 5. The molecule has 3 aromatic rings. The number of fused-ring (bicyclic) bond motifs is 1. The largest absolute Gasteiger partial charge is 0.336 e. The van der Waals surface area contributed by atoms with Gasteiger partial charge in [-0.25, -0.2) is 19.6 Å². The van der Waals surface area contributed by atoms with Crippen molar-refractivity contribution in [3.63, 3.8) is 0 Å². The van der Waals surface area contributed by atoms with Crippen LogP contribution in [-0.4, -0.2) is 36.2 Å². The molecule has 25 heavy (non-hydrogen) atoms. The van der Waals surface area contributed by atoms with Gasteiger partial charge in [-0.2, -0.15) is 0 Å². The minimum absolute atomic E-state index is 0.251. The highest BCUT2D eigenvalue weighted by molar-refractivity contribution is 5.91. The summed E-state index contributed by atoms with van der Waals surface area (Å²) in [6.45, 7) is 1.01. The molecule has 130 valence electrons. The zero-order chi connectivity index (χ0) is 18.0. The molecule has 0 aromatic carbocycles. The van der Waals surface area contributed by atoms with Crippen molar-refractivity contribution in [2.45, 2.75) is 6.54 Å². The summed E-state index contributed by atoms with van der Waals surface area (Å²) >= 11 is 0. The monoisotopic (exact) mass is 343 g/mol. The van der Waals surface area contributed by atoms with Gasteiger partial charge in [-0.05, 0) is 6.07 Å². The number of hydrogen-bond donors (Lipinski definition) is 2. The predicted molar refractivity (Wildman–Crippen MR) is 91.5 cm³/mol. The van der Waals surface area contributed by atoms with Crippen molar-refractivity contribution >= 4 is 22.8 Å². The third-order valence-electron chi connectivity index (χ3n) is 3.77. The van der Waals surface area contributed by atoms with Crippen molar-refractivity contribution < 1.29 is 4.79 Å². The molecule has 0 aliphatic heterocycles. The second-order valence-electron chi connectivity index (χ2n) is 5.48. The maximum atomic E-state index is 12.2. The van der Waals surface area contributed by atoms with Crippen LogP contribution in [0.4, 0.5) is 10.5 Å². The minimum Gasteiger partial charge on any atom is -0.336 e. The Kier molecular flexibility index (Phi) is 4.33. The van der Waals surface area contributed by atoms with Crippen LogP contribution in [0.1, 0.15) is 0 Å². The average molecular weight is 343 g/mol. The van der Waals surface area contributed by atoms with Gasteiger partial charge < -0.3 is 15.2 Å². The van der Waals surface area contributed by atoms with E-state index in [-0.39, 0.29) is 11.0 Å². The lowest BCUT2D eigenvalue weighted by molar-refractivity contribution is 0.251. The second-order valence-corrected chi connectivity index (χ2v) is 5.48. The van der Waals surface area contributed by atoms with Crippen LogP contribution < -0.4 is 21.9 Å². The third kappa shape index (κ3) is 3.27. The quantitative estimate of drug-likeness (QED) is 0.672. The summed E-state index contributed by atoms with van der Waals surface area (Å²) in [4.78, 5) is 44.1. The van der Waals surface area contributed by atoms with E-state index in [9.17, 15) is 14.4 Å². The molecule has 0 fully saturated rings. The second kappa shape index (κ2) is 6.59. The number of anilines is 1. The average Bonchev–Trinajstić information content (AvgIpc) is 3.11. The Balaban J connectivity index is 1.74. The highest BCUT2D eigenvalue weighted by Crippen LogP contribution is 2.11. The lowest BCUT2D eigenvalue weighted by Crippen LogP contribution is -2.37. The van der Waals surface area contributed by atoms with Crippen molar-refractivity contribution in [2.75, 3.05) is 11.9 Å². The number of urea groups is 1. The lowest BCUT2D eigenvalue weighted by atomic mass is 10.3. The summed E-state index contributed by atoms with van der Waals surface area (Å²) in [6, 6.07) is 1.09. The van der Waals surface area contributed by atoms with E-state index >= 15 is 0 Å². The van der Waals surface area contributed by atoms with Gasteiger partial charge in [0.05, 0.1) is 23.6 Å². The Bertz CT molecular complexity index is 1030. The molecule has 0 aliphatic carbocycles. The third-order valence-corrected chi connectivity index (χ3v) is 3.77. The van der Waals surface area contributed by atoms with Gasteiger partial charge in [0.25, 0.3) is 5.56 Å². The molecule has 10 heteroatoms. The molecule has 3 heterocycles. The minimum atomic E-state index is -0.463. The van der Waals surface area contributed by atoms with Crippen LogP contribution in [0.15, 0.2) is 40.6 Å². The fourth-order valence-electron chi connectivity index (χ4n) is 2.43. The summed E-state index contributed by atoms with van der Waals surface area (Å²) in [7, 11) is 2.93. The number of rotatable bonds is 4. The van der Waals surface area contributed by atoms with E-state index in [2.05, 4.69) is 20.6 Å². The first-order chi connectivity index (χ1) is 12.0. The molecule has 10 nitrogen and oxygen atoms in total. The molecule has 0 saturated carbocycles. The number of nitrogens with zero attached hydrogens (tertiary/aromatic N) is 5. The normalized spacial score (nSPS) is 10.8. The number of hydrogen-bond acceptors (Lipinski definition) is 5. The van der Waals surface area contributed by atoms with E-state index in [0.29, 0.717) is 18.8 Å². The first kappa shape index (κ1) is 16.4. The SMILES string of the molecule is Cn1c(=O)c2cc(NC(=O)NCCn3ccnc3)cnc2n(C)c1=O. The Labute approximate surface area is 141 Å². The molecule has 2 N–H and O–H groups in total. The molecule has 0 bridgehead atoms. The van der Waals surface area contributed by atoms with Gasteiger partial charge in [-0.3, -0.25) is 13.9 Å². The Morgan fingerprint density at radius 2 is 2.04 bits per heavy atom. The number of amides is 2. The summed E-state index contributed by atoms with van der Waals surface area (Å²) in [6.07, 6.45) is 6.52. The number of imidazole rings is 1. The molecule has 3 rings (SSSR count). The van der Waals surface area contributed by atoms with Crippen LogP contribution in [-0.2, 0) is 20.6 Å². The summed E-state index contributed by atoms with van der Waals surface area (Å²) < 4.78 is 4.12. The van der Waals surface area contributed by atoms with Crippen molar-refractivity contribution in [2.24, 2.45) is 14.1 Å². The van der Waals surface area contributed by atoms with Gasteiger partial charge in [-0.15, -0.1) is 0 Å². The molecule has 3 aromatic heterocycles. The van der Waals surface area contributed by atoms with Crippen molar-refractivity contribution in [1.29, 1.82) is 0 Å². The van der Waals surface area contributed by atoms with E-state index in [1.165, 1.54) is 30.9 Å². The van der Waals surface area contributed by atoms with Crippen LogP contribution in [0, 0.1) is 0 Å². The van der Waals surface area contributed by atoms with Crippen LogP contribution in [0.2, 0.25) is 0 Å². The Hall–Kier alpha value is -3.43. The van der Waals surface area contributed by atoms with Crippen molar-refractivity contribution in [3.05, 3.63) is 51.8 Å². The summed E-state index contributed by atoms with van der Waals surface area (Å²) in [5.41, 5.74) is -0.291. The van der Waals surface area contributed by atoms with Gasteiger partial charge in [0.15, 0.2) is 0 Å². The number of aryl methyl sites for hydroxylation is 1. The van der Waals surface area contributed by atoms with Crippen LogP contribution in [0.5, 0.6) is 0 Å².